The van der Waals surface area contributed by atoms with Crippen LogP contribution in [0.3, 0.4) is 0 Å². The SMILES string of the molecule is CNC(=O)C[NH]. The van der Waals surface area contributed by atoms with Crippen molar-refractivity contribution in [2.45, 2.75) is 0 Å². The highest BCUT2D eigenvalue weighted by molar-refractivity contribution is 5.77. The molecule has 0 unspecified atom stereocenters. The van der Waals surface area contributed by atoms with Crippen molar-refractivity contribution in [3.05, 3.63) is 0 Å². The molecule has 0 saturated carbocycles. The Labute approximate surface area is 36.5 Å². The smallest absolute Gasteiger partial charge is 0.235 e. The van der Waals surface area contributed by atoms with Crippen LogP contribution in [0.15, 0.2) is 0 Å². The van der Waals surface area contributed by atoms with E-state index in [1.165, 1.54) is 7.05 Å². The zero-order valence-electron chi connectivity index (χ0n) is 3.62. The molecule has 0 aliphatic rings. The lowest BCUT2D eigenvalue weighted by Gasteiger charge is -1.86. The molecule has 0 aromatic rings. The molecule has 0 rings (SSSR count). The summed E-state index contributed by atoms with van der Waals surface area (Å²) in [5.41, 5.74) is 6.40. The highest BCUT2D eigenvalue weighted by atomic mass is 16.1. The Bertz CT molecular complexity index is 46.8. The first kappa shape index (κ1) is 5.43. The Morgan fingerprint density at radius 3 is 2.50 bits per heavy atom. The van der Waals surface area contributed by atoms with Crippen molar-refractivity contribution in [2.24, 2.45) is 0 Å². The molecule has 35 valence electrons. The third-order valence-corrected chi connectivity index (χ3v) is 0.439. The van der Waals surface area contributed by atoms with E-state index in [-0.39, 0.29) is 12.5 Å². The number of nitrogens with one attached hydrogen (secondary N) is 2. The Balaban J connectivity index is 2.99. The van der Waals surface area contributed by atoms with Crippen molar-refractivity contribution in [2.75, 3.05) is 13.6 Å². The molecule has 0 spiro atoms. The molecule has 3 heteroatoms. The fourth-order valence-corrected chi connectivity index (χ4v) is 0.0884. The number of hydrogen-bond donors (Lipinski definition) is 1. The maximum absolute atomic E-state index is 9.88. The number of rotatable bonds is 1. The molecule has 0 atom stereocenters. The lowest BCUT2D eigenvalue weighted by atomic mass is 10.6. The second-order valence-electron chi connectivity index (χ2n) is 0.850. The van der Waals surface area contributed by atoms with Crippen LogP contribution >= 0.6 is 0 Å². The molecule has 0 aliphatic carbocycles. The Morgan fingerprint density at radius 1 is 2.00 bits per heavy atom. The number of likely N-dealkylation sites (N-methyl/N-ethyl adjacent to an activating group) is 1. The average Bonchev–Trinajstić information content (AvgIpc) is 1.65. The van der Waals surface area contributed by atoms with Crippen LogP contribution in [0.25, 0.3) is 0 Å². The summed E-state index contributed by atoms with van der Waals surface area (Å²) in [6.45, 7) is -0.170. The van der Waals surface area contributed by atoms with Gasteiger partial charge in [-0.3, -0.25) is 4.79 Å². The van der Waals surface area contributed by atoms with Crippen LogP contribution in [0.5, 0.6) is 0 Å². The van der Waals surface area contributed by atoms with E-state index in [0.29, 0.717) is 0 Å². The van der Waals surface area contributed by atoms with E-state index in [2.05, 4.69) is 5.32 Å². The molecule has 0 fully saturated rings. The summed E-state index contributed by atoms with van der Waals surface area (Å²) in [5.74, 6) is -0.241. The quantitative estimate of drug-likeness (QED) is 0.439. The lowest BCUT2D eigenvalue weighted by Crippen LogP contribution is -2.21. The van der Waals surface area contributed by atoms with Crippen molar-refractivity contribution in [3.8, 4) is 0 Å². The van der Waals surface area contributed by atoms with Gasteiger partial charge in [-0.25, -0.2) is 5.73 Å². The maximum Gasteiger partial charge on any atom is 0.235 e. The first-order chi connectivity index (χ1) is 2.81. The van der Waals surface area contributed by atoms with Gasteiger partial charge in [0.05, 0.1) is 6.54 Å². The maximum atomic E-state index is 9.88. The van der Waals surface area contributed by atoms with Crippen LogP contribution in [-0.4, -0.2) is 19.5 Å². The summed E-state index contributed by atoms with van der Waals surface area (Å²) >= 11 is 0. The minimum absolute atomic E-state index is 0.170. The van der Waals surface area contributed by atoms with Crippen LogP contribution in [-0.2, 0) is 4.79 Å². The summed E-state index contributed by atoms with van der Waals surface area (Å²) in [7, 11) is 1.51. The van der Waals surface area contributed by atoms with Crippen LogP contribution in [0.2, 0.25) is 0 Å². The molecule has 0 heterocycles. The van der Waals surface area contributed by atoms with Crippen molar-refractivity contribution in [1.82, 2.24) is 11.1 Å². The fraction of sp³-hybridized carbons (Fsp3) is 0.667. The summed E-state index contributed by atoms with van der Waals surface area (Å²) in [6.07, 6.45) is 0. The minimum Gasteiger partial charge on any atom is -0.358 e. The molecule has 0 bridgehead atoms. The number of carbonyl (C=O) groups is 1. The Kier molecular flexibility index (Phi) is 2.40. The molecule has 1 amide bonds. The van der Waals surface area contributed by atoms with E-state index in [1.807, 2.05) is 0 Å². The second kappa shape index (κ2) is 2.66. The summed E-state index contributed by atoms with van der Waals surface area (Å²) in [4.78, 5) is 9.88. The van der Waals surface area contributed by atoms with Crippen molar-refractivity contribution in [1.29, 1.82) is 0 Å². The van der Waals surface area contributed by atoms with Crippen LogP contribution < -0.4 is 11.1 Å². The molecule has 3 nitrogen and oxygen atoms in total. The third-order valence-electron chi connectivity index (χ3n) is 0.439. The van der Waals surface area contributed by atoms with Gasteiger partial charge >= 0.3 is 0 Å². The number of hydrogen-bond acceptors (Lipinski definition) is 1. The van der Waals surface area contributed by atoms with Gasteiger partial charge in [-0.2, -0.15) is 0 Å². The zero-order chi connectivity index (χ0) is 4.99. The van der Waals surface area contributed by atoms with Gasteiger partial charge < -0.3 is 5.32 Å². The summed E-state index contributed by atoms with van der Waals surface area (Å²) < 4.78 is 0. The highest BCUT2D eigenvalue weighted by Crippen LogP contribution is 1.49. The van der Waals surface area contributed by atoms with Gasteiger partial charge in [0.25, 0.3) is 0 Å². The average molecular weight is 87.1 g/mol. The lowest BCUT2D eigenvalue weighted by molar-refractivity contribution is -0.119. The van der Waals surface area contributed by atoms with Gasteiger partial charge in [0.2, 0.25) is 5.91 Å². The van der Waals surface area contributed by atoms with E-state index < -0.39 is 0 Å². The summed E-state index contributed by atoms with van der Waals surface area (Å²) in [5, 5.41) is 2.29. The predicted octanol–water partition coefficient (Wildman–Crippen LogP) is -0.985. The minimum atomic E-state index is -0.241. The molecular formula is C3H7N2O. The second-order valence-corrected chi connectivity index (χ2v) is 0.850. The van der Waals surface area contributed by atoms with Crippen molar-refractivity contribution >= 4 is 5.91 Å². The van der Waals surface area contributed by atoms with Crippen LogP contribution in [0.4, 0.5) is 0 Å². The van der Waals surface area contributed by atoms with Gasteiger partial charge in [0.1, 0.15) is 0 Å². The molecular weight excluding hydrogens is 80.0 g/mol. The van der Waals surface area contributed by atoms with Crippen molar-refractivity contribution in [3.63, 3.8) is 0 Å². The van der Waals surface area contributed by atoms with Gasteiger partial charge in [-0.1, -0.05) is 0 Å². The van der Waals surface area contributed by atoms with Gasteiger partial charge in [-0.05, 0) is 0 Å². The molecule has 0 saturated heterocycles. The summed E-state index contributed by atoms with van der Waals surface area (Å²) in [6, 6.07) is 0. The Hall–Kier alpha value is -0.570. The van der Waals surface area contributed by atoms with Crippen LogP contribution in [0, 0.1) is 0 Å². The van der Waals surface area contributed by atoms with E-state index in [9.17, 15) is 4.79 Å². The molecule has 1 radical (unpaired) electrons. The highest BCUT2D eigenvalue weighted by Gasteiger charge is 1.85. The molecule has 2 N–H and O–H groups in total. The van der Waals surface area contributed by atoms with E-state index in [0.717, 1.165) is 0 Å². The molecule has 0 aromatic carbocycles. The van der Waals surface area contributed by atoms with E-state index in [1.54, 1.807) is 0 Å². The monoisotopic (exact) mass is 87.1 g/mol. The third kappa shape index (κ3) is 1.72. The largest absolute Gasteiger partial charge is 0.358 e. The number of amides is 1. The van der Waals surface area contributed by atoms with Crippen molar-refractivity contribution < 1.29 is 4.79 Å². The van der Waals surface area contributed by atoms with Gasteiger partial charge in [-0.15, -0.1) is 0 Å². The standard InChI is InChI=1S/C3H7N2O/c1-5-3(6)2-4/h4H,2H2,1H3,(H,5,6). The Morgan fingerprint density at radius 2 is 2.50 bits per heavy atom. The zero-order valence-corrected chi connectivity index (χ0v) is 3.62. The molecule has 6 heavy (non-hydrogen) atoms. The predicted molar refractivity (Wildman–Crippen MR) is 22.0 cm³/mol. The topological polar surface area (TPSA) is 52.9 Å². The molecule has 0 aromatic heterocycles. The van der Waals surface area contributed by atoms with E-state index in [4.69, 9.17) is 5.73 Å². The van der Waals surface area contributed by atoms with E-state index >= 15 is 0 Å². The number of carbonyl (C=O) groups excluding carboxylic acids is 1. The van der Waals surface area contributed by atoms with Gasteiger partial charge in [0.15, 0.2) is 0 Å². The molecule has 0 aliphatic heterocycles. The first-order valence-corrected chi connectivity index (χ1v) is 1.66. The van der Waals surface area contributed by atoms with Gasteiger partial charge in [0, 0.05) is 7.05 Å². The fourth-order valence-electron chi connectivity index (χ4n) is 0.0884. The first-order valence-electron chi connectivity index (χ1n) is 1.66. The normalized spacial score (nSPS) is 7.67. The van der Waals surface area contributed by atoms with Crippen LogP contribution in [0.1, 0.15) is 0 Å².